The van der Waals surface area contributed by atoms with E-state index in [0.717, 1.165) is 0 Å². The van der Waals surface area contributed by atoms with Crippen LogP contribution in [0.2, 0.25) is 0 Å². The molecule has 7 heteroatoms. The van der Waals surface area contributed by atoms with Crippen LogP contribution in [-0.2, 0) is 14.3 Å². The molecular formula is C7H11NO6. The summed E-state index contributed by atoms with van der Waals surface area (Å²) < 4.78 is 10.1. The smallest absolute Gasteiger partial charge is 0.335 e. The van der Waals surface area contributed by atoms with Crippen molar-refractivity contribution in [1.82, 2.24) is 0 Å². The molecule has 0 spiro atoms. The van der Waals surface area contributed by atoms with Crippen molar-refractivity contribution in [2.45, 2.75) is 30.2 Å². The SMILES string of the molecule is NC[C@]12O[C@H]([C@H](O)[C@H]1O)[C@@H](C(=O)O)O2. The number of carboxylic acids is 1. The molecule has 0 aromatic heterocycles. The van der Waals surface area contributed by atoms with Gasteiger partial charge < -0.3 is 30.5 Å². The fourth-order valence-electron chi connectivity index (χ4n) is 1.84. The molecule has 2 heterocycles. The highest BCUT2D eigenvalue weighted by Gasteiger charge is 2.65. The van der Waals surface area contributed by atoms with Gasteiger partial charge in [-0.25, -0.2) is 4.79 Å². The molecule has 80 valence electrons. The molecule has 2 fully saturated rings. The molecule has 0 saturated carbocycles. The van der Waals surface area contributed by atoms with E-state index < -0.39 is 36.2 Å². The van der Waals surface area contributed by atoms with Gasteiger partial charge in [0.25, 0.3) is 0 Å². The van der Waals surface area contributed by atoms with E-state index in [-0.39, 0.29) is 6.54 Å². The number of aliphatic carboxylic acids is 1. The molecular weight excluding hydrogens is 194 g/mol. The third-order valence-electron chi connectivity index (χ3n) is 2.60. The maximum atomic E-state index is 10.7. The monoisotopic (exact) mass is 205 g/mol. The van der Waals surface area contributed by atoms with Gasteiger partial charge in [-0.15, -0.1) is 0 Å². The fourth-order valence-corrected chi connectivity index (χ4v) is 1.84. The van der Waals surface area contributed by atoms with Gasteiger partial charge >= 0.3 is 5.97 Å². The largest absolute Gasteiger partial charge is 0.479 e. The zero-order chi connectivity index (χ0) is 10.5. The molecule has 0 radical (unpaired) electrons. The molecule has 0 aliphatic carbocycles. The van der Waals surface area contributed by atoms with Crippen LogP contribution < -0.4 is 5.73 Å². The van der Waals surface area contributed by atoms with Crippen molar-refractivity contribution < 1.29 is 29.6 Å². The van der Waals surface area contributed by atoms with Crippen molar-refractivity contribution in [3.63, 3.8) is 0 Å². The van der Waals surface area contributed by atoms with Gasteiger partial charge in [-0.05, 0) is 0 Å². The summed E-state index contributed by atoms with van der Waals surface area (Å²) in [5.74, 6) is -2.80. The molecule has 2 aliphatic heterocycles. The first-order valence-corrected chi connectivity index (χ1v) is 4.16. The molecule has 0 aromatic carbocycles. The quantitative estimate of drug-likeness (QED) is 0.385. The second-order valence-electron chi connectivity index (χ2n) is 3.41. The van der Waals surface area contributed by atoms with Crippen molar-refractivity contribution in [1.29, 1.82) is 0 Å². The first-order valence-electron chi connectivity index (χ1n) is 4.16. The zero-order valence-electron chi connectivity index (χ0n) is 7.16. The van der Waals surface area contributed by atoms with Crippen molar-refractivity contribution in [2.75, 3.05) is 6.54 Å². The van der Waals surface area contributed by atoms with E-state index in [9.17, 15) is 15.0 Å². The Hall–Kier alpha value is -0.730. The van der Waals surface area contributed by atoms with Crippen LogP contribution in [0.4, 0.5) is 0 Å². The lowest BCUT2D eigenvalue weighted by atomic mass is 9.98. The first kappa shape index (κ1) is 9.81. The molecule has 2 bridgehead atoms. The van der Waals surface area contributed by atoms with Crippen LogP contribution in [0.5, 0.6) is 0 Å². The molecule has 0 unspecified atom stereocenters. The highest BCUT2D eigenvalue weighted by molar-refractivity contribution is 5.74. The normalized spacial score (nSPS) is 51.1. The lowest BCUT2D eigenvalue weighted by molar-refractivity contribution is -0.217. The Bertz CT molecular complexity index is 271. The van der Waals surface area contributed by atoms with E-state index in [1.54, 1.807) is 0 Å². The van der Waals surface area contributed by atoms with Crippen LogP contribution in [0, 0.1) is 0 Å². The number of aliphatic hydroxyl groups excluding tert-OH is 2. The average molecular weight is 205 g/mol. The zero-order valence-corrected chi connectivity index (χ0v) is 7.16. The van der Waals surface area contributed by atoms with Gasteiger partial charge in [0, 0.05) is 0 Å². The third kappa shape index (κ3) is 1.01. The molecule has 0 amide bonds. The van der Waals surface area contributed by atoms with Crippen LogP contribution in [0.15, 0.2) is 0 Å². The number of fused-ring (bicyclic) bond motifs is 2. The highest BCUT2D eigenvalue weighted by Crippen LogP contribution is 2.42. The molecule has 2 rings (SSSR count). The number of hydrogen-bond donors (Lipinski definition) is 4. The number of aliphatic hydroxyl groups is 2. The lowest BCUT2D eigenvalue weighted by Crippen LogP contribution is -2.56. The first-order chi connectivity index (χ1) is 6.52. The van der Waals surface area contributed by atoms with E-state index >= 15 is 0 Å². The van der Waals surface area contributed by atoms with Crippen LogP contribution in [0.25, 0.3) is 0 Å². The van der Waals surface area contributed by atoms with Gasteiger partial charge in [-0.2, -0.15) is 0 Å². The second-order valence-corrected chi connectivity index (χ2v) is 3.41. The number of hydrogen-bond acceptors (Lipinski definition) is 6. The third-order valence-corrected chi connectivity index (χ3v) is 2.60. The van der Waals surface area contributed by atoms with E-state index in [0.29, 0.717) is 0 Å². The van der Waals surface area contributed by atoms with Gasteiger partial charge in [0.2, 0.25) is 5.79 Å². The Labute approximate surface area is 79.0 Å². The molecule has 5 N–H and O–H groups in total. The van der Waals surface area contributed by atoms with Gasteiger partial charge in [-0.1, -0.05) is 0 Å². The number of nitrogens with two attached hydrogens (primary N) is 1. The van der Waals surface area contributed by atoms with Gasteiger partial charge in [0.05, 0.1) is 6.54 Å². The van der Waals surface area contributed by atoms with E-state index in [4.69, 9.17) is 20.3 Å². The maximum Gasteiger partial charge on any atom is 0.335 e. The predicted octanol–water partition coefficient (Wildman–Crippen LogP) is -2.75. The number of carboxylic acid groups (broad SMARTS) is 1. The Balaban J connectivity index is 2.27. The van der Waals surface area contributed by atoms with E-state index in [2.05, 4.69) is 0 Å². The Kier molecular flexibility index (Phi) is 2.02. The molecule has 2 aliphatic rings. The molecule has 7 nitrogen and oxygen atoms in total. The van der Waals surface area contributed by atoms with Crippen molar-refractivity contribution in [3.8, 4) is 0 Å². The van der Waals surface area contributed by atoms with E-state index in [1.807, 2.05) is 0 Å². The van der Waals surface area contributed by atoms with Crippen LogP contribution in [-0.4, -0.2) is 58.0 Å². The minimum atomic E-state index is -1.56. The summed E-state index contributed by atoms with van der Waals surface area (Å²) in [6, 6.07) is 0. The van der Waals surface area contributed by atoms with Crippen LogP contribution in [0.3, 0.4) is 0 Å². The molecule has 5 atom stereocenters. The summed E-state index contributed by atoms with van der Waals surface area (Å²) >= 11 is 0. The van der Waals surface area contributed by atoms with Crippen molar-refractivity contribution in [2.24, 2.45) is 5.73 Å². The number of rotatable bonds is 2. The second kappa shape index (κ2) is 2.88. The predicted molar refractivity (Wildman–Crippen MR) is 41.2 cm³/mol. The Morgan fingerprint density at radius 2 is 2.07 bits per heavy atom. The lowest BCUT2D eigenvalue weighted by Gasteiger charge is -2.31. The average Bonchev–Trinajstić information content (AvgIpc) is 2.65. The number of ether oxygens (including phenoxy) is 2. The summed E-state index contributed by atoms with van der Waals surface area (Å²) in [5, 5.41) is 27.6. The Morgan fingerprint density at radius 3 is 2.50 bits per heavy atom. The summed E-state index contributed by atoms with van der Waals surface area (Å²) in [5.41, 5.74) is 5.31. The topological polar surface area (TPSA) is 122 Å². The minimum absolute atomic E-state index is 0.203. The van der Waals surface area contributed by atoms with Crippen molar-refractivity contribution in [3.05, 3.63) is 0 Å². The Morgan fingerprint density at radius 1 is 1.43 bits per heavy atom. The summed E-state index contributed by atoms with van der Waals surface area (Å²) in [6.07, 6.45) is -4.88. The standard InChI is InChI=1S/C7H11NO6/c8-1-7-5(10)2(9)3(13-7)4(14-7)6(11)12/h2-5,9-10H,1,8H2,(H,11,12)/t2-,3+,4-,5+,7+/m0/s1. The summed E-state index contributed by atoms with van der Waals surface area (Å²) in [4.78, 5) is 10.7. The van der Waals surface area contributed by atoms with Crippen LogP contribution >= 0.6 is 0 Å². The highest BCUT2D eigenvalue weighted by atomic mass is 16.8. The van der Waals surface area contributed by atoms with Gasteiger partial charge in [0.15, 0.2) is 6.10 Å². The number of carbonyl (C=O) groups is 1. The fraction of sp³-hybridized carbons (Fsp3) is 0.857. The summed E-state index contributed by atoms with van der Waals surface area (Å²) in [6.45, 7) is -0.203. The summed E-state index contributed by atoms with van der Waals surface area (Å²) in [7, 11) is 0. The van der Waals surface area contributed by atoms with E-state index in [1.165, 1.54) is 0 Å². The van der Waals surface area contributed by atoms with Crippen LogP contribution in [0.1, 0.15) is 0 Å². The van der Waals surface area contributed by atoms with Crippen molar-refractivity contribution >= 4 is 5.97 Å². The minimum Gasteiger partial charge on any atom is -0.479 e. The maximum absolute atomic E-state index is 10.7. The molecule has 2 saturated heterocycles. The van der Waals surface area contributed by atoms with Gasteiger partial charge in [-0.3, -0.25) is 0 Å². The molecule has 14 heavy (non-hydrogen) atoms. The van der Waals surface area contributed by atoms with Gasteiger partial charge in [0.1, 0.15) is 18.3 Å². The molecule has 0 aromatic rings.